The van der Waals surface area contributed by atoms with Crippen molar-refractivity contribution < 1.29 is 19.5 Å². The quantitative estimate of drug-likeness (QED) is 0.650. The van der Waals surface area contributed by atoms with Crippen LogP contribution >= 0.6 is 0 Å². The predicted octanol–water partition coefficient (Wildman–Crippen LogP) is 2.39. The third-order valence-corrected chi connectivity index (χ3v) is 5.27. The van der Waals surface area contributed by atoms with E-state index in [-0.39, 0.29) is 5.91 Å². The second kappa shape index (κ2) is 7.82. The maximum atomic E-state index is 12.8. The smallest absolute Gasteiger partial charge is 0.311 e. The molecule has 7 heteroatoms. The minimum atomic E-state index is -1.07. The lowest BCUT2D eigenvalue weighted by Gasteiger charge is -2.22. The number of hydrogen-bond donors (Lipinski definition) is 3. The van der Waals surface area contributed by atoms with Gasteiger partial charge in [0.25, 0.3) is 5.91 Å². The topological polar surface area (TPSA) is 103 Å². The molecule has 1 fully saturated rings. The second-order valence-electron chi connectivity index (χ2n) is 7.06. The molecule has 3 N–H and O–H groups in total. The van der Waals surface area contributed by atoms with Gasteiger partial charge in [-0.05, 0) is 25.5 Å². The predicted molar refractivity (Wildman–Crippen MR) is 101 cm³/mol. The number of carboxylic acids is 1. The van der Waals surface area contributed by atoms with E-state index in [1.54, 1.807) is 17.9 Å². The zero-order chi connectivity index (χ0) is 19.6. The number of benzene rings is 1. The van der Waals surface area contributed by atoms with Gasteiger partial charge in [-0.2, -0.15) is 0 Å². The number of amides is 2. The highest BCUT2D eigenvalue weighted by atomic mass is 16.4. The SMILES string of the molecule is CCCCCN1C(=O)C(NC(=O)c2cc3ccccc3[nH]2)C(C(=O)O)C1C. The van der Waals surface area contributed by atoms with Gasteiger partial charge in [-0.15, -0.1) is 0 Å². The van der Waals surface area contributed by atoms with Crippen LogP contribution in [0.15, 0.2) is 30.3 Å². The highest BCUT2D eigenvalue weighted by Crippen LogP contribution is 2.27. The molecule has 0 spiro atoms. The Kier molecular flexibility index (Phi) is 5.48. The number of hydrogen-bond acceptors (Lipinski definition) is 3. The van der Waals surface area contributed by atoms with Crippen molar-refractivity contribution in [1.29, 1.82) is 0 Å². The molecule has 1 aliphatic rings. The Morgan fingerprint density at radius 2 is 2.00 bits per heavy atom. The van der Waals surface area contributed by atoms with Crippen molar-refractivity contribution in [1.82, 2.24) is 15.2 Å². The number of para-hydroxylation sites is 1. The molecule has 0 radical (unpaired) electrons. The van der Waals surface area contributed by atoms with Crippen LogP contribution < -0.4 is 5.32 Å². The normalized spacial score (nSPS) is 22.4. The lowest BCUT2D eigenvalue weighted by atomic mass is 9.97. The summed E-state index contributed by atoms with van der Waals surface area (Å²) in [6, 6.07) is 7.64. The summed E-state index contributed by atoms with van der Waals surface area (Å²) in [6.45, 7) is 4.31. The zero-order valence-electron chi connectivity index (χ0n) is 15.6. The number of unbranched alkanes of at least 4 members (excludes halogenated alkanes) is 2. The highest BCUT2D eigenvalue weighted by molar-refractivity contribution is 6.02. The summed E-state index contributed by atoms with van der Waals surface area (Å²) in [6.07, 6.45) is 2.81. The Balaban J connectivity index is 1.79. The maximum absolute atomic E-state index is 12.8. The van der Waals surface area contributed by atoms with Crippen molar-refractivity contribution in [3.05, 3.63) is 36.0 Å². The minimum Gasteiger partial charge on any atom is -0.481 e. The number of aromatic amines is 1. The van der Waals surface area contributed by atoms with Crippen LogP contribution in [-0.2, 0) is 9.59 Å². The molecule has 1 aromatic carbocycles. The molecular formula is C20H25N3O4. The Bertz CT molecular complexity index is 827. The van der Waals surface area contributed by atoms with Crippen LogP contribution in [-0.4, -0.2) is 51.4 Å². The third-order valence-electron chi connectivity index (χ3n) is 5.27. The third kappa shape index (κ3) is 3.67. The molecule has 2 aromatic rings. The largest absolute Gasteiger partial charge is 0.481 e. The molecule has 0 bridgehead atoms. The molecule has 27 heavy (non-hydrogen) atoms. The summed E-state index contributed by atoms with van der Waals surface area (Å²) in [4.78, 5) is 41.8. The number of aromatic nitrogens is 1. The number of carboxylic acid groups (broad SMARTS) is 1. The summed E-state index contributed by atoms with van der Waals surface area (Å²) < 4.78 is 0. The molecule has 2 heterocycles. The molecule has 7 nitrogen and oxygen atoms in total. The summed E-state index contributed by atoms with van der Waals surface area (Å²) in [7, 11) is 0. The number of fused-ring (bicyclic) bond motifs is 1. The standard InChI is InChI=1S/C20H25N3O4/c1-3-4-7-10-23-12(2)16(20(26)27)17(19(23)25)22-18(24)15-11-13-8-5-6-9-14(13)21-15/h5-6,8-9,11-12,16-17,21H,3-4,7,10H2,1-2H3,(H,22,24)(H,26,27). The van der Waals surface area contributed by atoms with Gasteiger partial charge in [0.2, 0.25) is 5.91 Å². The molecule has 1 aromatic heterocycles. The van der Waals surface area contributed by atoms with Crippen molar-refractivity contribution in [2.75, 3.05) is 6.54 Å². The van der Waals surface area contributed by atoms with Gasteiger partial charge in [-0.25, -0.2) is 0 Å². The number of H-pyrrole nitrogens is 1. The summed E-state index contributed by atoms with van der Waals surface area (Å²) in [5.74, 6) is -2.84. The van der Waals surface area contributed by atoms with Crippen molar-refractivity contribution in [3.63, 3.8) is 0 Å². The Labute approximate surface area is 157 Å². The van der Waals surface area contributed by atoms with Crippen LogP contribution in [0.3, 0.4) is 0 Å². The fourth-order valence-corrected chi connectivity index (χ4v) is 3.77. The first-order valence-corrected chi connectivity index (χ1v) is 9.36. The van der Waals surface area contributed by atoms with Crippen LogP contribution in [0.1, 0.15) is 43.6 Å². The van der Waals surface area contributed by atoms with Crippen molar-refractivity contribution in [2.45, 2.75) is 45.2 Å². The van der Waals surface area contributed by atoms with Gasteiger partial charge in [0.1, 0.15) is 17.7 Å². The summed E-state index contributed by atoms with van der Waals surface area (Å²) in [5, 5.41) is 13.1. The van der Waals surface area contributed by atoms with Gasteiger partial charge in [-0.1, -0.05) is 38.0 Å². The van der Waals surface area contributed by atoms with Crippen molar-refractivity contribution >= 4 is 28.7 Å². The lowest BCUT2D eigenvalue weighted by Crippen LogP contribution is -2.46. The molecule has 0 saturated carbocycles. The van der Waals surface area contributed by atoms with Crippen LogP contribution in [0.5, 0.6) is 0 Å². The molecule has 0 aliphatic carbocycles. The Morgan fingerprint density at radius 3 is 2.67 bits per heavy atom. The number of aliphatic carboxylic acids is 1. The number of carbonyl (C=O) groups excluding carboxylic acids is 2. The van der Waals surface area contributed by atoms with E-state index in [1.165, 1.54) is 0 Å². The number of rotatable bonds is 7. The molecule has 2 amide bonds. The molecule has 3 rings (SSSR count). The van der Waals surface area contributed by atoms with Crippen LogP contribution in [0.25, 0.3) is 10.9 Å². The van der Waals surface area contributed by atoms with E-state index in [2.05, 4.69) is 17.2 Å². The van der Waals surface area contributed by atoms with E-state index < -0.39 is 29.9 Å². The fourth-order valence-electron chi connectivity index (χ4n) is 3.77. The average molecular weight is 371 g/mol. The molecule has 1 saturated heterocycles. The van der Waals surface area contributed by atoms with E-state index in [1.807, 2.05) is 24.3 Å². The molecule has 144 valence electrons. The highest BCUT2D eigenvalue weighted by Gasteiger charge is 2.50. The van der Waals surface area contributed by atoms with Gasteiger partial charge in [0.15, 0.2) is 0 Å². The Morgan fingerprint density at radius 1 is 1.26 bits per heavy atom. The van der Waals surface area contributed by atoms with Gasteiger partial charge in [0.05, 0.1) is 0 Å². The monoisotopic (exact) mass is 371 g/mol. The van der Waals surface area contributed by atoms with Gasteiger partial charge in [0, 0.05) is 23.5 Å². The first-order chi connectivity index (χ1) is 12.9. The molecule has 3 unspecified atom stereocenters. The van der Waals surface area contributed by atoms with Gasteiger partial charge >= 0.3 is 5.97 Å². The van der Waals surface area contributed by atoms with E-state index in [4.69, 9.17) is 0 Å². The number of nitrogens with one attached hydrogen (secondary N) is 2. The van der Waals surface area contributed by atoms with E-state index >= 15 is 0 Å². The second-order valence-corrected chi connectivity index (χ2v) is 7.06. The maximum Gasteiger partial charge on any atom is 0.311 e. The van der Waals surface area contributed by atoms with E-state index in [0.717, 1.165) is 30.2 Å². The first kappa shape index (κ1) is 18.9. The number of carbonyl (C=O) groups is 3. The lowest BCUT2D eigenvalue weighted by molar-refractivity contribution is -0.143. The summed E-state index contributed by atoms with van der Waals surface area (Å²) >= 11 is 0. The fraction of sp³-hybridized carbons (Fsp3) is 0.450. The van der Waals surface area contributed by atoms with Crippen molar-refractivity contribution in [2.24, 2.45) is 5.92 Å². The number of nitrogens with zero attached hydrogens (tertiary/aromatic N) is 1. The van der Waals surface area contributed by atoms with Crippen LogP contribution in [0.2, 0.25) is 0 Å². The summed E-state index contributed by atoms with van der Waals surface area (Å²) in [5.41, 5.74) is 1.12. The molecule has 1 aliphatic heterocycles. The number of likely N-dealkylation sites (tertiary alicyclic amines) is 1. The van der Waals surface area contributed by atoms with Crippen LogP contribution in [0.4, 0.5) is 0 Å². The Hall–Kier alpha value is -2.83. The van der Waals surface area contributed by atoms with Gasteiger partial charge in [-0.3, -0.25) is 14.4 Å². The van der Waals surface area contributed by atoms with Crippen LogP contribution in [0, 0.1) is 5.92 Å². The van der Waals surface area contributed by atoms with Crippen molar-refractivity contribution in [3.8, 4) is 0 Å². The first-order valence-electron chi connectivity index (χ1n) is 9.36. The van der Waals surface area contributed by atoms with Gasteiger partial charge < -0.3 is 20.3 Å². The average Bonchev–Trinajstić information content (AvgIpc) is 3.16. The molecular weight excluding hydrogens is 346 g/mol. The van der Waals surface area contributed by atoms with E-state index in [0.29, 0.717) is 12.2 Å². The zero-order valence-corrected chi connectivity index (χ0v) is 15.6. The van der Waals surface area contributed by atoms with E-state index in [9.17, 15) is 19.5 Å². The molecule has 3 atom stereocenters. The minimum absolute atomic E-state index is 0.310.